The predicted octanol–water partition coefficient (Wildman–Crippen LogP) is 4.54. The molecule has 2 unspecified atom stereocenters. The minimum absolute atomic E-state index is 0.0302. The average Bonchev–Trinajstić information content (AvgIpc) is 2.99. The zero-order valence-corrected chi connectivity index (χ0v) is 27.0. The summed E-state index contributed by atoms with van der Waals surface area (Å²) in [5.74, 6) is -1.75. The zero-order valence-electron chi connectivity index (χ0n) is 25.3. The molecule has 14 heteroatoms. The van der Waals surface area contributed by atoms with E-state index in [1.807, 2.05) is 60.7 Å². The van der Waals surface area contributed by atoms with Crippen LogP contribution in [0.2, 0.25) is 0 Å². The molecule has 2 atom stereocenters. The molecule has 2 aromatic rings. The molecule has 0 aliphatic heterocycles. The summed E-state index contributed by atoms with van der Waals surface area (Å²) in [6, 6.07) is 16.5. The van der Waals surface area contributed by atoms with Gasteiger partial charge in [-0.05, 0) is 51.7 Å². The SMILES string of the molecule is CC(C)(SN=O)C(NC(=O)CCCCC(=O)NC(C(=O)NCc1ccccc1)C(C)(C)SN=O)C(=O)NCc1ccccc1. The van der Waals surface area contributed by atoms with Crippen LogP contribution in [0.1, 0.15) is 64.5 Å². The van der Waals surface area contributed by atoms with Crippen molar-refractivity contribution >= 4 is 47.5 Å². The number of nitrogens with one attached hydrogen (secondary N) is 4. The summed E-state index contributed by atoms with van der Waals surface area (Å²) >= 11 is 1.32. The normalized spacial score (nSPS) is 12.7. The van der Waals surface area contributed by atoms with Crippen LogP contribution in [-0.4, -0.2) is 45.2 Å². The minimum atomic E-state index is -1.04. The Labute approximate surface area is 266 Å². The maximum absolute atomic E-state index is 13.0. The maximum Gasteiger partial charge on any atom is 0.244 e. The van der Waals surface area contributed by atoms with Crippen LogP contribution in [0.5, 0.6) is 0 Å². The summed E-state index contributed by atoms with van der Waals surface area (Å²) < 4.78 is 3.68. The van der Waals surface area contributed by atoms with Crippen molar-refractivity contribution in [3.63, 3.8) is 0 Å². The van der Waals surface area contributed by atoms with E-state index in [0.717, 1.165) is 11.1 Å². The molecule has 0 saturated carbocycles. The number of carbonyl (C=O) groups excluding carboxylic acids is 4. The third-order valence-electron chi connectivity index (χ3n) is 6.75. The van der Waals surface area contributed by atoms with Crippen molar-refractivity contribution in [1.29, 1.82) is 0 Å². The van der Waals surface area contributed by atoms with Crippen LogP contribution < -0.4 is 21.3 Å². The van der Waals surface area contributed by atoms with Gasteiger partial charge >= 0.3 is 0 Å². The van der Waals surface area contributed by atoms with Gasteiger partial charge in [0.05, 0.1) is 9.49 Å². The van der Waals surface area contributed by atoms with Crippen LogP contribution in [0.25, 0.3) is 0 Å². The molecule has 0 fully saturated rings. The quantitative estimate of drug-likeness (QED) is 0.0979. The Balaban J connectivity index is 1.90. The molecule has 0 spiro atoms. The lowest BCUT2D eigenvalue weighted by Gasteiger charge is -2.31. The van der Waals surface area contributed by atoms with Crippen molar-refractivity contribution < 1.29 is 19.2 Å². The van der Waals surface area contributed by atoms with Crippen molar-refractivity contribution in [3.05, 3.63) is 81.6 Å². The Bertz CT molecular complexity index is 1170. The molecule has 44 heavy (non-hydrogen) atoms. The molecule has 0 radical (unpaired) electrons. The third kappa shape index (κ3) is 12.4. The molecule has 0 heterocycles. The molecule has 0 aliphatic carbocycles. The Morgan fingerprint density at radius 1 is 0.636 bits per heavy atom. The number of benzene rings is 2. The van der Waals surface area contributed by atoms with Crippen molar-refractivity contribution in [2.75, 3.05) is 0 Å². The number of hydrogen-bond donors (Lipinski definition) is 4. The molecular weight excluding hydrogens is 605 g/mol. The van der Waals surface area contributed by atoms with Gasteiger partial charge in [-0.3, -0.25) is 19.2 Å². The standard InChI is InChI=1S/C30H40N6O6S2/c1-29(2,43-35-41)25(27(39)31-19-21-13-7-5-8-14-21)33-23(37)17-11-12-18-24(38)34-26(30(3,4)44-36-42)28(40)32-20-22-15-9-6-10-16-22/h5-10,13-16,25-26H,11-12,17-20H2,1-4H3,(H,31,39)(H,32,40)(H,33,37)(H,34,38). The van der Waals surface area contributed by atoms with Crippen LogP contribution in [0, 0.1) is 9.81 Å². The van der Waals surface area contributed by atoms with Crippen LogP contribution in [0.3, 0.4) is 0 Å². The molecule has 0 aromatic heterocycles. The summed E-state index contributed by atoms with van der Waals surface area (Å²) in [5, 5.41) is 11.0. The number of rotatable bonds is 19. The summed E-state index contributed by atoms with van der Waals surface area (Å²) in [6.45, 7) is 7.07. The first-order chi connectivity index (χ1) is 20.9. The second-order valence-electron chi connectivity index (χ2n) is 11.2. The summed E-state index contributed by atoms with van der Waals surface area (Å²) in [6.07, 6.45) is 0.719. The topological polar surface area (TPSA) is 175 Å². The fourth-order valence-electron chi connectivity index (χ4n) is 4.22. The largest absolute Gasteiger partial charge is 0.350 e. The van der Waals surface area contributed by atoms with E-state index in [-0.39, 0.29) is 25.9 Å². The monoisotopic (exact) mass is 644 g/mol. The second-order valence-corrected chi connectivity index (χ2v) is 13.9. The summed E-state index contributed by atoms with van der Waals surface area (Å²) in [5.41, 5.74) is 1.76. The molecule has 0 bridgehead atoms. The van der Waals surface area contributed by atoms with Gasteiger partial charge in [0.1, 0.15) is 12.1 Å². The van der Waals surface area contributed by atoms with E-state index >= 15 is 0 Å². The summed E-state index contributed by atoms with van der Waals surface area (Å²) in [4.78, 5) is 73.6. The molecule has 2 rings (SSSR count). The number of nitroso groups, excluding NO2 is 2. The van der Waals surface area contributed by atoms with Gasteiger partial charge in [0, 0.05) is 59.0 Å². The van der Waals surface area contributed by atoms with E-state index in [0.29, 0.717) is 36.7 Å². The average molecular weight is 645 g/mol. The first-order valence-electron chi connectivity index (χ1n) is 14.1. The highest BCUT2D eigenvalue weighted by Gasteiger charge is 2.39. The number of carbonyl (C=O) groups is 4. The summed E-state index contributed by atoms with van der Waals surface area (Å²) in [7, 11) is 0. The van der Waals surface area contributed by atoms with Crippen LogP contribution >= 0.6 is 23.9 Å². The van der Waals surface area contributed by atoms with E-state index in [1.165, 1.54) is 0 Å². The van der Waals surface area contributed by atoms with Gasteiger partial charge in [0.2, 0.25) is 23.6 Å². The first-order valence-corrected chi connectivity index (χ1v) is 15.7. The van der Waals surface area contributed by atoms with E-state index in [1.54, 1.807) is 27.7 Å². The number of amides is 4. The third-order valence-corrected chi connectivity index (χ3v) is 8.31. The second kappa shape index (κ2) is 18.1. The van der Waals surface area contributed by atoms with Crippen molar-refractivity contribution in [1.82, 2.24) is 21.3 Å². The maximum atomic E-state index is 13.0. The van der Waals surface area contributed by atoms with Crippen molar-refractivity contribution in [3.8, 4) is 0 Å². The molecule has 4 N–H and O–H groups in total. The van der Waals surface area contributed by atoms with E-state index in [2.05, 4.69) is 30.4 Å². The number of nitrogens with zero attached hydrogens (tertiary/aromatic N) is 2. The zero-order chi connectivity index (χ0) is 32.6. The number of unbranched alkanes of at least 4 members (excludes halogenated alkanes) is 1. The Hall–Kier alpha value is -3.78. The van der Waals surface area contributed by atoms with Crippen LogP contribution in [0.15, 0.2) is 69.8 Å². The minimum Gasteiger partial charge on any atom is -0.350 e. The van der Waals surface area contributed by atoms with Gasteiger partial charge in [-0.15, -0.1) is 9.81 Å². The molecule has 0 aliphatic rings. The van der Waals surface area contributed by atoms with Gasteiger partial charge in [-0.2, -0.15) is 0 Å². The van der Waals surface area contributed by atoms with Crippen molar-refractivity contribution in [2.24, 2.45) is 9.16 Å². The van der Waals surface area contributed by atoms with Gasteiger partial charge in [0.25, 0.3) is 0 Å². The highest BCUT2D eigenvalue weighted by Crippen LogP contribution is 2.30. The molecule has 4 amide bonds. The molecular formula is C30H40N6O6S2. The van der Waals surface area contributed by atoms with Gasteiger partial charge < -0.3 is 21.3 Å². The van der Waals surface area contributed by atoms with Crippen LogP contribution in [-0.2, 0) is 32.3 Å². The lowest BCUT2D eigenvalue weighted by molar-refractivity contribution is -0.130. The van der Waals surface area contributed by atoms with E-state index in [9.17, 15) is 29.0 Å². The van der Waals surface area contributed by atoms with Gasteiger partial charge in [0.15, 0.2) is 0 Å². The lowest BCUT2D eigenvalue weighted by Crippen LogP contribution is -2.56. The van der Waals surface area contributed by atoms with Crippen molar-refractivity contribution in [2.45, 2.75) is 88.0 Å². The van der Waals surface area contributed by atoms with E-state index in [4.69, 9.17) is 0 Å². The highest BCUT2D eigenvalue weighted by atomic mass is 32.2. The molecule has 0 saturated heterocycles. The Kier molecular flexibility index (Phi) is 15.0. The van der Waals surface area contributed by atoms with Crippen LogP contribution in [0.4, 0.5) is 0 Å². The fourth-order valence-corrected chi connectivity index (χ4v) is 5.15. The Morgan fingerprint density at radius 2 is 0.977 bits per heavy atom. The van der Waals surface area contributed by atoms with E-state index < -0.39 is 45.2 Å². The molecule has 12 nitrogen and oxygen atoms in total. The predicted molar refractivity (Wildman–Crippen MR) is 174 cm³/mol. The Morgan fingerprint density at radius 3 is 1.30 bits per heavy atom. The van der Waals surface area contributed by atoms with Gasteiger partial charge in [-0.1, -0.05) is 60.7 Å². The number of hydrogen-bond acceptors (Lipinski definition) is 10. The molecule has 2 aromatic carbocycles. The fraction of sp³-hybridized carbons (Fsp3) is 0.467. The highest BCUT2D eigenvalue weighted by molar-refractivity contribution is 7.99. The van der Waals surface area contributed by atoms with Gasteiger partial charge in [-0.25, -0.2) is 0 Å². The lowest BCUT2D eigenvalue weighted by atomic mass is 10.0. The first kappa shape index (κ1) is 36.4. The molecule has 238 valence electrons. The smallest absolute Gasteiger partial charge is 0.244 e.